The zero-order valence-corrected chi connectivity index (χ0v) is 26.6. The van der Waals surface area contributed by atoms with Crippen molar-refractivity contribution in [2.45, 2.75) is 0 Å². The fourth-order valence-corrected chi connectivity index (χ4v) is 6.20. The zero-order chi connectivity index (χ0) is 29.3. The van der Waals surface area contributed by atoms with Gasteiger partial charge in [0, 0.05) is 32.5 Å². The van der Waals surface area contributed by atoms with Gasteiger partial charge in [0.2, 0.25) is 0 Å². The smallest absolute Gasteiger partial charge is 0.0167 e. The maximum absolute atomic E-state index is 4.85. The Morgan fingerprint density at radius 2 is 1.00 bits per heavy atom. The monoisotopic (exact) mass is 751 g/mol. The van der Waals surface area contributed by atoms with Crippen LogP contribution in [0.4, 0.5) is 0 Å². The van der Waals surface area contributed by atoms with Crippen LogP contribution in [0.25, 0.3) is 76.4 Å². The molecule has 0 bridgehead atoms. The van der Waals surface area contributed by atoms with Crippen molar-refractivity contribution in [2.24, 2.45) is 0 Å². The summed E-state index contributed by atoms with van der Waals surface area (Å²) in [5.41, 5.74) is 4.05. The molecule has 2 nitrogen and oxygen atoms in total. The first-order chi connectivity index (χ1) is 21.8. The molecule has 2 aromatic heterocycles. The minimum atomic E-state index is 0. The molecule has 0 aliphatic carbocycles. The summed E-state index contributed by atoms with van der Waals surface area (Å²) in [7, 11) is 0. The van der Waals surface area contributed by atoms with Gasteiger partial charge in [-0.25, -0.2) is 0 Å². The molecular formula is C42H26IrN2-2. The molecule has 2 heterocycles. The van der Waals surface area contributed by atoms with Gasteiger partial charge in [-0.1, -0.05) is 108 Å². The Bertz CT molecular complexity index is 2400. The Morgan fingerprint density at radius 1 is 0.378 bits per heavy atom. The van der Waals surface area contributed by atoms with Gasteiger partial charge in [0.1, 0.15) is 0 Å². The summed E-state index contributed by atoms with van der Waals surface area (Å²) in [6.07, 6.45) is 3.72. The van der Waals surface area contributed by atoms with Crippen LogP contribution in [-0.2, 0) is 20.1 Å². The van der Waals surface area contributed by atoms with Gasteiger partial charge in [-0.05, 0) is 66.6 Å². The maximum atomic E-state index is 4.85. The number of fused-ring (bicyclic) bond motifs is 8. The second-order valence-corrected chi connectivity index (χ2v) is 10.8. The summed E-state index contributed by atoms with van der Waals surface area (Å²) in [5, 5.41) is 12.4. The van der Waals surface area contributed by atoms with Crippen LogP contribution < -0.4 is 0 Å². The number of aromatic nitrogens is 2. The quantitative estimate of drug-likeness (QED) is 0.130. The fraction of sp³-hybridized carbons (Fsp3) is 0. The molecule has 1 radical (unpaired) electrons. The number of benzene rings is 7. The number of rotatable bonds is 2. The standard InChI is InChI=1S/C31H18N.C11H8N.Ir/c1-3-8-22-20(6-1)13-15-27-24(22)10-5-11-29(27)31-30-17-16-25-23-9-4-2-7-21(23)12-14-26(25)28(30)18-19-32-31;1-2-6-10(7-3-1)11-8-4-5-9-12-11;/h1-10,12-19H;1-6,8-9H;/q2*-1;. The Labute approximate surface area is 275 Å². The van der Waals surface area contributed by atoms with E-state index < -0.39 is 0 Å². The first kappa shape index (κ1) is 28.6. The van der Waals surface area contributed by atoms with Crippen molar-refractivity contribution < 1.29 is 20.1 Å². The summed E-state index contributed by atoms with van der Waals surface area (Å²) >= 11 is 0. The van der Waals surface area contributed by atoms with Gasteiger partial charge in [0.05, 0.1) is 0 Å². The van der Waals surface area contributed by atoms with Gasteiger partial charge < -0.3 is 9.97 Å². The average molecular weight is 751 g/mol. The van der Waals surface area contributed by atoms with Crippen LogP contribution in [-0.4, -0.2) is 9.97 Å². The number of hydrogen-bond donors (Lipinski definition) is 0. The molecule has 0 atom stereocenters. The molecule has 0 aliphatic heterocycles. The number of pyridine rings is 2. The van der Waals surface area contributed by atoms with Crippen LogP contribution in [0, 0.1) is 12.1 Å². The van der Waals surface area contributed by atoms with E-state index in [1.54, 1.807) is 6.20 Å². The molecule has 215 valence electrons. The third-order valence-corrected chi connectivity index (χ3v) is 8.27. The molecule has 0 aliphatic rings. The molecule has 7 aromatic carbocycles. The predicted octanol–water partition coefficient (Wildman–Crippen LogP) is 10.9. The molecule has 0 unspecified atom stereocenters. The number of hydrogen-bond acceptors (Lipinski definition) is 2. The first-order valence-electron chi connectivity index (χ1n) is 14.7. The van der Waals surface area contributed by atoms with Crippen LogP contribution in [0.2, 0.25) is 0 Å². The van der Waals surface area contributed by atoms with Gasteiger partial charge in [0.25, 0.3) is 0 Å². The van der Waals surface area contributed by atoms with Gasteiger partial charge in [-0.3, -0.25) is 0 Å². The second kappa shape index (κ2) is 12.4. The van der Waals surface area contributed by atoms with E-state index in [1.165, 1.54) is 48.5 Å². The van der Waals surface area contributed by atoms with E-state index in [4.69, 9.17) is 4.98 Å². The maximum Gasteiger partial charge on any atom is 0.0167 e. The van der Waals surface area contributed by atoms with E-state index in [0.717, 1.165) is 27.9 Å². The normalized spacial score (nSPS) is 10.9. The van der Waals surface area contributed by atoms with Crippen LogP contribution in [0.3, 0.4) is 0 Å². The molecule has 0 saturated heterocycles. The molecule has 9 rings (SSSR count). The van der Waals surface area contributed by atoms with Gasteiger partial charge in [-0.15, -0.1) is 59.7 Å². The summed E-state index contributed by atoms with van der Waals surface area (Å²) < 4.78 is 0. The van der Waals surface area contributed by atoms with E-state index in [-0.39, 0.29) is 20.1 Å². The predicted molar refractivity (Wildman–Crippen MR) is 185 cm³/mol. The molecule has 0 amide bonds. The molecule has 0 N–H and O–H groups in total. The third kappa shape index (κ3) is 5.27. The zero-order valence-electron chi connectivity index (χ0n) is 24.2. The minimum absolute atomic E-state index is 0. The summed E-state index contributed by atoms with van der Waals surface area (Å²) in [4.78, 5) is 9.06. The SMILES string of the molecule is [Ir].[c-]1ccc2c(ccc3ccccc32)c1-c1nccc2c1ccc1c3ccccc3ccc21.[c-]1ccccc1-c1ccccn1. The van der Waals surface area contributed by atoms with Crippen molar-refractivity contribution in [1.29, 1.82) is 0 Å². The van der Waals surface area contributed by atoms with Gasteiger partial charge in [-0.2, -0.15) is 0 Å². The van der Waals surface area contributed by atoms with Gasteiger partial charge in [0.15, 0.2) is 0 Å². The van der Waals surface area contributed by atoms with Crippen LogP contribution in [0.15, 0.2) is 158 Å². The van der Waals surface area contributed by atoms with Crippen molar-refractivity contribution in [3.63, 3.8) is 0 Å². The Morgan fingerprint density at radius 3 is 1.73 bits per heavy atom. The second-order valence-electron chi connectivity index (χ2n) is 10.8. The largest absolute Gasteiger partial charge is 0.305 e. The molecule has 3 heteroatoms. The van der Waals surface area contributed by atoms with Crippen LogP contribution in [0.5, 0.6) is 0 Å². The molecular weight excluding hydrogens is 725 g/mol. The van der Waals surface area contributed by atoms with Crippen LogP contribution >= 0.6 is 0 Å². The van der Waals surface area contributed by atoms with E-state index in [1.807, 2.05) is 54.7 Å². The van der Waals surface area contributed by atoms with E-state index in [2.05, 4.69) is 114 Å². The van der Waals surface area contributed by atoms with E-state index in [9.17, 15) is 0 Å². The summed E-state index contributed by atoms with van der Waals surface area (Å²) in [6.45, 7) is 0. The van der Waals surface area contributed by atoms with Crippen molar-refractivity contribution in [3.05, 3.63) is 170 Å². The molecule has 0 spiro atoms. The summed E-state index contributed by atoms with van der Waals surface area (Å²) in [6, 6.07) is 57.1. The fourth-order valence-electron chi connectivity index (χ4n) is 6.20. The Balaban J connectivity index is 0.000000211. The van der Waals surface area contributed by atoms with E-state index >= 15 is 0 Å². The first-order valence-corrected chi connectivity index (χ1v) is 14.7. The Kier molecular flexibility index (Phi) is 7.88. The van der Waals surface area contributed by atoms with Gasteiger partial charge >= 0.3 is 0 Å². The topological polar surface area (TPSA) is 25.8 Å². The van der Waals surface area contributed by atoms with Crippen molar-refractivity contribution in [3.8, 4) is 22.5 Å². The molecule has 45 heavy (non-hydrogen) atoms. The number of nitrogens with zero attached hydrogens (tertiary/aromatic N) is 2. The van der Waals surface area contributed by atoms with Crippen molar-refractivity contribution >= 4 is 53.9 Å². The van der Waals surface area contributed by atoms with Crippen LogP contribution in [0.1, 0.15) is 0 Å². The van der Waals surface area contributed by atoms with E-state index in [0.29, 0.717) is 0 Å². The third-order valence-electron chi connectivity index (χ3n) is 8.27. The molecule has 9 aromatic rings. The van der Waals surface area contributed by atoms with Crippen molar-refractivity contribution in [2.75, 3.05) is 0 Å². The minimum Gasteiger partial charge on any atom is -0.305 e. The molecule has 0 fully saturated rings. The average Bonchev–Trinajstić information content (AvgIpc) is 3.12. The van der Waals surface area contributed by atoms with Crippen molar-refractivity contribution in [1.82, 2.24) is 9.97 Å². The molecule has 0 saturated carbocycles. The summed E-state index contributed by atoms with van der Waals surface area (Å²) in [5.74, 6) is 0. The Hall–Kier alpha value is -5.21.